The van der Waals surface area contributed by atoms with E-state index in [-0.39, 0.29) is 24.2 Å². The number of nitrogens with one attached hydrogen (secondary N) is 1. The standard InChI is InChI=1S/C27H36BrN3O5S/c1-4-36-25-16-9-8-15-24(25)31(37(3,34)35)19-26(32)30(18-21-11-10-12-22(28)17-21)20(2)27(33)29-23-13-6-5-7-14-23/h8-12,15-17,20,23H,4-7,13-14,18-19H2,1-3H3,(H,29,33)/t20-/m1/s1. The van der Waals surface area contributed by atoms with Gasteiger partial charge in [0.25, 0.3) is 0 Å². The second-order valence-electron chi connectivity index (χ2n) is 9.34. The van der Waals surface area contributed by atoms with E-state index in [9.17, 15) is 18.0 Å². The van der Waals surface area contributed by atoms with Crippen molar-refractivity contribution in [3.63, 3.8) is 0 Å². The zero-order valence-electron chi connectivity index (χ0n) is 21.7. The van der Waals surface area contributed by atoms with Crippen LogP contribution in [0.3, 0.4) is 0 Å². The van der Waals surface area contributed by atoms with Crippen molar-refractivity contribution >= 4 is 43.5 Å². The van der Waals surface area contributed by atoms with Gasteiger partial charge in [0.2, 0.25) is 21.8 Å². The number of hydrogen-bond acceptors (Lipinski definition) is 5. The van der Waals surface area contributed by atoms with Crippen LogP contribution in [0.5, 0.6) is 5.75 Å². The van der Waals surface area contributed by atoms with Crippen molar-refractivity contribution in [1.29, 1.82) is 0 Å². The minimum Gasteiger partial charge on any atom is -0.492 e. The second-order valence-corrected chi connectivity index (χ2v) is 12.2. The summed E-state index contributed by atoms with van der Waals surface area (Å²) in [6.45, 7) is 3.53. The van der Waals surface area contributed by atoms with E-state index in [4.69, 9.17) is 4.74 Å². The van der Waals surface area contributed by atoms with Gasteiger partial charge in [0.1, 0.15) is 18.3 Å². The summed E-state index contributed by atoms with van der Waals surface area (Å²) < 4.78 is 33.2. The molecule has 202 valence electrons. The Morgan fingerprint density at radius 2 is 1.81 bits per heavy atom. The normalized spacial score (nSPS) is 15.0. The Morgan fingerprint density at radius 3 is 2.46 bits per heavy atom. The first kappa shape index (κ1) is 29.0. The Hall–Kier alpha value is -2.59. The van der Waals surface area contributed by atoms with Gasteiger partial charge in [-0.15, -0.1) is 0 Å². The smallest absolute Gasteiger partial charge is 0.244 e. The molecule has 0 saturated heterocycles. The fraction of sp³-hybridized carbons (Fsp3) is 0.481. The summed E-state index contributed by atoms with van der Waals surface area (Å²) in [5.74, 6) is -0.358. The molecule has 0 aromatic heterocycles. The van der Waals surface area contributed by atoms with Crippen molar-refractivity contribution in [2.24, 2.45) is 0 Å². The highest BCUT2D eigenvalue weighted by atomic mass is 79.9. The molecule has 0 aliphatic heterocycles. The van der Waals surface area contributed by atoms with Crippen LogP contribution in [0, 0.1) is 0 Å². The molecule has 1 atom stereocenters. The lowest BCUT2D eigenvalue weighted by Gasteiger charge is -2.33. The van der Waals surface area contributed by atoms with Crippen molar-refractivity contribution in [3.8, 4) is 5.75 Å². The van der Waals surface area contributed by atoms with Crippen LogP contribution in [0.1, 0.15) is 51.5 Å². The molecule has 2 amide bonds. The average Bonchev–Trinajstić information content (AvgIpc) is 2.86. The molecule has 0 spiro atoms. The van der Waals surface area contributed by atoms with Crippen LogP contribution in [0.15, 0.2) is 53.0 Å². The third-order valence-corrected chi connectivity index (χ3v) is 8.09. The van der Waals surface area contributed by atoms with Gasteiger partial charge in [-0.1, -0.05) is 59.5 Å². The topological polar surface area (TPSA) is 96.0 Å². The molecule has 1 fully saturated rings. The predicted octanol–water partition coefficient (Wildman–Crippen LogP) is 4.48. The van der Waals surface area contributed by atoms with Crippen LogP contribution in [0.2, 0.25) is 0 Å². The number of halogens is 1. The first-order valence-corrected chi connectivity index (χ1v) is 15.3. The maximum absolute atomic E-state index is 13.8. The van der Waals surface area contributed by atoms with Crippen molar-refractivity contribution in [2.45, 2.75) is 64.6 Å². The van der Waals surface area contributed by atoms with Gasteiger partial charge >= 0.3 is 0 Å². The Labute approximate surface area is 228 Å². The van der Waals surface area contributed by atoms with Crippen LogP contribution in [-0.2, 0) is 26.2 Å². The minimum atomic E-state index is -3.84. The van der Waals surface area contributed by atoms with Crippen LogP contribution < -0.4 is 14.4 Å². The quantitative estimate of drug-likeness (QED) is 0.414. The maximum Gasteiger partial charge on any atom is 0.244 e. The van der Waals surface area contributed by atoms with Gasteiger partial charge in [-0.25, -0.2) is 8.42 Å². The molecule has 0 radical (unpaired) electrons. The number of benzene rings is 2. The van der Waals surface area contributed by atoms with Crippen LogP contribution in [0.25, 0.3) is 0 Å². The lowest BCUT2D eigenvalue weighted by atomic mass is 9.95. The molecule has 3 rings (SSSR count). The van der Waals surface area contributed by atoms with E-state index in [1.54, 1.807) is 38.1 Å². The van der Waals surface area contributed by atoms with Crippen molar-refractivity contribution < 1.29 is 22.7 Å². The highest BCUT2D eigenvalue weighted by Crippen LogP contribution is 2.30. The Bertz CT molecular complexity index is 1180. The molecule has 2 aromatic carbocycles. The summed E-state index contributed by atoms with van der Waals surface area (Å²) in [5, 5.41) is 3.10. The van der Waals surface area contributed by atoms with E-state index in [0.29, 0.717) is 12.4 Å². The van der Waals surface area contributed by atoms with Gasteiger partial charge in [-0.3, -0.25) is 13.9 Å². The van der Waals surface area contributed by atoms with Gasteiger partial charge in [0, 0.05) is 17.1 Å². The van der Waals surface area contributed by atoms with E-state index < -0.39 is 28.5 Å². The number of anilines is 1. The Kier molecular flexibility index (Phi) is 10.4. The molecule has 10 heteroatoms. The molecule has 1 aliphatic carbocycles. The lowest BCUT2D eigenvalue weighted by molar-refractivity contribution is -0.139. The molecule has 2 aromatic rings. The van der Waals surface area contributed by atoms with E-state index in [0.717, 1.165) is 46.3 Å². The molecule has 1 aliphatic rings. The van der Waals surface area contributed by atoms with Gasteiger partial charge in [-0.05, 0) is 56.5 Å². The number of para-hydroxylation sites is 2. The van der Waals surface area contributed by atoms with Crippen molar-refractivity contribution in [1.82, 2.24) is 10.2 Å². The van der Waals surface area contributed by atoms with E-state index in [2.05, 4.69) is 21.2 Å². The highest BCUT2D eigenvalue weighted by Gasteiger charge is 2.32. The number of rotatable bonds is 11. The molecule has 1 N–H and O–H groups in total. The maximum atomic E-state index is 13.8. The van der Waals surface area contributed by atoms with Crippen LogP contribution >= 0.6 is 15.9 Å². The number of carbonyl (C=O) groups excluding carboxylic acids is 2. The first-order chi connectivity index (χ1) is 17.6. The number of carbonyl (C=O) groups is 2. The predicted molar refractivity (Wildman–Crippen MR) is 149 cm³/mol. The monoisotopic (exact) mass is 593 g/mol. The fourth-order valence-electron chi connectivity index (χ4n) is 4.52. The molecule has 0 heterocycles. The first-order valence-electron chi connectivity index (χ1n) is 12.6. The summed E-state index contributed by atoms with van der Waals surface area (Å²) in [6, 6.07) is 13.5. The number of hydrogen-bond donors (Lipinski definition) is 1. The minimum absolute atomic E-state index is 0.0945. The van der Waals surface area contributed by atoms with Gasteiger partial charge in [-0.2, -0.15) is 0 Å². The zero-order valence-corrected chi connectivity index (χ0v) is 24.1. The lowest BCUT2D eigenvalue weighted by Crippen LogP contribution is -2.53. The molecule has 1 saturated carbocycles. The molecular weight excluding hydrogens is 558 g/mol. The van der Waals surface area contributed by atoms with Gasteiger partial charge in [0.05, 0.1) is 18.6 Å². The number of sulfonamides is 1. The number of ether oxygens (including phenoxy) is 1. The van der Waals surface area contributed by atoms with Crippen LogP contribution in [0.4, 0.5) is 5.69 Å². The number of amides is 2. The molecule has 0 unspecified atom stereocenters. The highest BCUT2D eigenvalue weighted by molar-refractivity contribution is 9.10. The Balaban J connectivity index is 1.90. The Morgan fingerprint density at radius 1 is 1.11 bits per heavy atom. The average molecular weight is 595 g/mol. The molecule has 37 heavy (non-hydrogen) atoms. The summed E-state index contributed by atoms with van der Waals surface area (Å²) in [6.07, 6.45) is 6.22. The zero-order chi connectivity index (χ0) is 27.0. The van der Waals surface area contributed by atoms with Gasteiger partial charge < -0.3 is 15.0 Å². The molecule has 8 nitrogen and oxygen atoms in total. The fourth-order valence-corrected chi connectivity index (χ4v) is 5.82. The van der Waals surface area contributed by atoms with Crippen LogP contribution in [-0.4, -0.2) is 56.6 Å². The summed E-state index contributed by atoms with van der Waals surface area (Å²) >= 11 is 3.46. The third kappa shape index (κ3) is 8.20. The largest absolute Gasteiger partial charge is 0.492 e. The van der Waals surface area contributed by atoms with Crippen molar-refractivity contribution in [3.05, 3.63) is 58.6 Å². The van der Waals surface area contributed by atoms with E-state index in [1.165, 1.54) is 11.3 Å². The number of nitrogens with zero attached hydrogens (tertiary/aromatic N) is 2. The second kappa shape index (κ2) is 13.3. The molecule has 0 bridgehead atoms. The van der Waals surface area contributed by atoms with Gasteiger partial charge in [0.15, 0.2) is 0 Å². The van der Waals surface area contributed by atoms with E-state index >= 15 is 0 Å². The summed E-state index contributed by atoms with van der Waals surface area (Å²) in [4.78, 5) is 28.4. The summed E-state index contributed by atoms with van der Waals surface area (Å²) in [7, 11) is -3.84. The van der Waals surface area contributed by atoms with Crippen molar-refractivity contribution in [2.75, 3.05) is 23.7 Å². The third-order valence-electron chi connectivity index (χ3n) is 6.47. The van der Waals surface area contributed by atoms with E-state index in [1.807, 2.05) is 24.3 Å². The SMILES string of the molecule is CCOc1ccccc1N(CC(=O)N(Cc1cccc(Br)c1)[C@H](C)C(=O)NC1CCCCC1)S(C)(=O)=O. The summed E-state index contributed by atoms with van der Waals surface area (Å²) in [5.41, 5.74) is 1.10. The molecular formula is C27H36BrN3O5S.